The second kappa shape index (κ2) is 5.35. The number of aldehydes is 1. The van der Waals surface area contributed by atoms with Gasteiger partial charge in [0, 0.05) is 11.4 Å². The number of nitrogens with two attached hydrogens (primary N) is 2. The van der Waals surface area contributed by atoms with Gasteiger partial charge in [0.05, 0.1) is 5.92 Å². The fourth-order valence-corrected chi connectivity index (χ4v) is 2.07. The second-order valence-corrected chi connectivity index (χ2v) is 4.29. The predicted octanol–water partition coefficient (Wildman–Crippen LogP) is 1.75. The number of rotatable bonds is 4. The first-order valence-corrected chi connectivity index (χ1v) is 5.81. The number of hydrogen-bond acceptors (Lipinski definition) is 4. The SMILES string of the molecule is Nc1cccc(C(C(=O)C=O)c2cccc(N)c2)c1. The maximum atomic E-state index is 11.9. The van der Waals surface area contributed by atoms with Crippen molar-refractivity contribution in [2.24, 2.45) is 0 Å². The van der Waals surface area contributed by atoms with Crippen LogP contribution in [0.2, 0.25) is 0 Å². The Kier molecular flexibility index (Phi) is 3.61. The standard InChI is InChI=1S/C15H14N2O2/c16-12-5-1-3-10(7-12)15(14(19)9-18)11-4-2-6-13(17)8-11/h1-9,15H,16-17H2. The third-order valence-corrected chi connectivity index (χ3v) is 2.89. The summed E-state index contributed by atoms with van der Waals surface area (Å²) < 4.78 is 0. The first kappa shape index (κ1) is 12.8. The molecule has 0 fully saturated rings. The molecule has 0 aliphatic rings. The Morgan fingerprint density at radius 2 is 1.42 bits per heavy atom. The summed E-state index contributed by atoms with van der Waals surface area (Å²) in [6.07, 6.45) is 0.330. The molecule has 0 radical (unpaired) electrons. The van der Waals surface area contributed by atoms with Crippen molar-refractivity contribution in [2.75, 3.05) is 11.5 Å². The van der Waals surface area contributed by atoms with Crippen molar-refractivity contribution in [1.29, 1.82) is 0 Å². The minimum atomic E-state index is -0.663. The number of benzene rings is 2. The van der Waals surface area contributed by atoms with Crippen molar-refractivity contribution in [2.45, 2.75) is 5.92 Å². The van der Waals surface area contributed by atoms with Crippen LogP contribution in [0.1, 0.15) is 17.0 Å². The quantitative estimate of drug-likeness (QED) is 0.494. The van der Waals surface area contributed by atoms with Crippen molar-refractivity contribution >= 4 is 23.4 Å². The molecule has 2 aromatic carbocycles. The Morgan fingerprint density at radius 1 is 0.947 bits per heavy atom. The topological polar surface area (TPSA) is 86.2 Å². The zero-order valence-corrected chi connectivity index (χ0v) is 10.2. The molecule has 2 rings (SSSR count). The number of carbonyl (C=O) groups is 2. The summed E-state index contributed by atoms with van der Waals surface area (Å²) in [7, 11) is 0. The van der Waals surface area contributed by atoms with Gasteiger partial charge in [0.15, 0.2) is 6.29 Å². The number of nitrogen functional groups attached to an aromatic ring is 2. The highest BCUT2D eigenvalue weighted by Crippen LogP contribution is 2.27. The van der Waals surface area contributed by atoms with E-state index in [-0.39, 0.29) is 0 Å². The molecular weight excluding hydrogens is 240 g/mol. The molecule has 0 saturated carbocycles. The van der Waals surface area contributed by atoms with Gasteiger partial charge in [-0.15, -0.1) is 0 Å². The van der Waals surface area contributed by atoms with Gasteiger partial charge in [-0.25, -0.2) is 0 Å². The molecule has 0 heterocycles. The minimum absolute atomic E-state index is 0.330. The average Bonchev–Trinajstić information content (AvgIpc) is 2.39. The molecule has 0 aliphatic carbocycles. The molecular formula is C15H14N2O2. The molecule has 0 unspecified atom stereocenters. The molecule has 0 spiro atoms. The molecule has 0 atom stereocenters. The Balaban J connectivity index is 2.53. The lowest BCUT2D eigenvalue weighted by Crippen LogP contribution is -2.15. The van der Waals surface area contributed by atoms with Crippen LogP contribution in [-0.4, -0.2) is 12.1 Å². The van der Waals surface area contributed by atoms with Crippen LogP contribution in [0.5, 0.6) is 0 Å². The lowest BCUT2D eigenvalue weighted by atomic mass is 9.87. The van der Waals surface area contributed by atoms with E-state index in [9.17, 15) is 9.59 Å². The van der Waals surface area contributed by atoms with Crippen LogP contribution in [0.25, 0.3) is 0 Å². The van der Waals surface area contributed by atoms with E-state index in [1.54, 1.807) is 48.5 Å². The lowest BCUT2D eigenvalue weighted by Gasteiger charge is -2.15. The Bertz CT molecular complexity index is 578. The van der Waals surface area contributed by atoms with E-state index in [0.29, 0.717) is 28.8 Å². The van der Waals surface area contributed by atoms with Crippen molar-refractivity contribution in [3.63, 3.8) is 0 Å². The summed E-state index contributed by atoms with van der Waals surface area (Å²) in [6.45, 7) is 0. The second-order valence-electron chi connectivity index (χ2n) is 4.29. The maximum Gasteiger partial charge on any atom is 0.206 e. The number of anilines is 2. The molecule has 4 N–H and O–H groups in total. The normalized spacial score (nSPS) is 10.4. The summed E-state index contributed by atoms with van der Waals surface area (Å²) in [5.74, 6) is -1.18. The summed E-state index contributed by atoms with van der Waals surface area (Å²) in [5, 5.41) is 0. The van der Waals surface area contributed by atoms with Crippen molar-refractivity contribution in [1.82, 2.24) is 0 Å². The van der Waals surface area contributed by atoms with Crippen LogP contribution in [0.15, 0.2) is 48.5 Å². The number of ketones is 1. The zero-order chi connectivity index (χ0) is 13.8. The van der Waals surface area contributed by atoms with Crippen LogP contribution < -0.4 is 11.5 Å². The summed E-state index contributed by atoms with van der Waals surface area (Å²) in [4.78, 5) is 22.7. The highest BCUT2D eigenvalue weighted by molar-refractivity contribution is 6.28. The molecule has 4 heteroatoms. The highest BCUT2D eigenvalue weighted by atomic mass is 16.2. The van der Waals surface area contributed by atoms with Crippen LogP contribution in [0.3, 0.4) is 0 Å². The molecule has 19 heavy (non-hydrogen) atoms. The monoisotopic (exact) mass is 254 g/mol. The summed E-state index contributed by atoms with van der Waals surface area (Å²) in [6, 6.07) is 13.9. The van der Waals surface area contributed by atoms with Gasteiger partial charge in [-0.1, -0.05) is 24.3 Å². The molecule has 0 aliphatic heterocycles. The zero-order valence-electron chi connectivity index (χ0n) is 10.2. The van der Waals surface area contributed by atoms with E-state index in [1.165, 1.54) is 0 Å². The van der Waals surface area contributed by atoms with Crippen molar-refractivity contribution in [3.8, 4) is 0 Å². The van der Waals surface area contributed by atoms with Crippen molar-refractivity contribution in [3.05, 3.63) is 59.7 Å². The Morgan fingerprint density at radius 3 is 1.79 bits per heavy atom. The first-order valence-electron chi connectivity index (χ1n) is 5.81. The van der Waals surface area contributed by atoms with E-state index in [2.05, 4.69) is 0 Å². The number of Topliss-reactive ketones (excluding diaryl/α,β-unsaturated/α-hetero) is 1. The predicted molar refractivity (Wildman–Crippen MR) is 74.6 cm³/mol. The fraction of sp³-hybridized carbons (Fsp3) is 0.0667. The maximum absolute atomic E-state index is 11.9. The van der Waals surface area contributed by atoms with Gasteiger partial charge in [-0.05, 0) is 35.4 Å². The van der Waals surface area contributed by atoms with Crippen molar-refractivity contribution < 1.29 is 9.59 Å². The third-order valence-electron chi connectivity index (χ3n) is 2.89. The van der Waals surface area contributed by atoms with Gasteiger partial charge >= 0.3 is 0 Å². The molecule has 96 valence electrons. The molecule has 0 aromatic heterocycles. The van der Waals surface area contributed by atoms with Gasteiger partial charge in [0.1, 0.15) is 0 Å². The van der Waals surface area contributed by atoms with Gasteiger partial charge in [0.25, 0.3) is 0 Å². The highest BCUT2D eigenvalue weighted by Gasteiger charge is 2.22. The molecule has 2 aromatic rings. The van der Waals surface area contributed by atoms with E-state index in [0.717, 1.165) is 0 Å². The molecule has 0 saturated heterocycles. The molecule has 0 bridgehead atoms. The Labute approximate surface area is 111 Å². The van der Waals surface area contributed by atoms with Gasteiger partial charge in [0.2, 0.25) is 5.78 Å². The largest absolute Gasteiger partial charge is 0.399 e. The van der Waals surface area contributed by atoms with E-state index in [4.69, 9.17) is 11.5 Å². The van der Waals surface area contributed by atoms with Crippen LogP contribution in [0, 0.1) is 0 Å². The third kappa shape index (κ3) is 2.80. The smallest absolute Gasteiger partial charge is 0.206 e. The van der Waals surface area contributed by atoms with Crippen LogP contribution >= 0.6 is 0 Å². The van der Waals surface area contributed by atoms with E-state index >= 15 is 0 Å². The summed E-state index contributed by atoms with van der Waals surface area (Å²) in [5.41, 5.74) is 13.9. The number of carbonyl (C=O) groups excluding carboxylic acids is 2. The van der Waals surface area contributed by atoms with Gasteiger partial charge < -0.3 is 11.5 Å². The first-order chi connectivity index (χ1) is 9.11. The van der Waals surface area contributed by atoms with Gasteiger partial charge in [-0.3, -0.25) is 9.59 Å². The molecule has 4 nitrogen and oxygen atoms in total. The van der Waals surface area contributed by atoms with E-state index in [1.807, 2.05) is 0 Å². The lowest BCUT2D eigenvalue weighted by molar-refractivity contribution is -0.130. The van der Waals surface area contributed by atoms with Crippen LogP contribution in [0.4, 0.5) is 11.4 Å². The fourth-order valence-electron chi connectivity index (χ4n) is 2.07. The molecule has 0 amide bonds. The van der Waals surface area contributed by atoms with Crippen LogP contribution in [-0.2, 0) is 9.59 Å². The summed E-state index contributed by atoms with van der Waals surface area (Å²) >= 11 is 0. The Hall–Kier alpha value is -2.62. The van der Waals surface area contributed by atoms with Gasteiger partial charge in [-0.2, -0.15) is 0 Å². The minimum Gasteiger partial charge on any atom is -0.399 e. The van der Waals surface area contributed by atoms with E-state index < -0.39 is 11.7 Å². The number of hydrogen-bond donors (Lipinski definition) is 2. The average molecular weight is 254 g/mol.